The number of hydrogen-bond acceptors (Lipinski definition) is 4. The number of Topliss-reactive ketones (excluding diaryl/α,β-unsaturated/α-hetero) is 1. The number of para-hydroxylation sites is 1. The standard InChI is InChI=1S/C15H15N3OS/c1-9-15(10(2)18(3)17-9)12(19)8-14-16-11-6-4-5-7-13(11)20-14/h4-7H,8H2,1-3H3. The highest BCUT2D eigenvalue weighted by Crippen LogP contribution is 2.23. The summed E-state index contributed by atoms with van der Waals surface area (Å²) in [5.41, 5.74) is 3.39. The molecule has 0 spiro atoms. The molecule has 5 heteroatoms. The topological polar surface area (TPSA) is 47.8 Å². The predicted octanol–water partition coefficient (Wildman–Crippen LogP) is 3.07. The fourth-order valence-electron chi connectivity index (χ4n) is 2.40. The van der Waals surface area contributed by atoms with Crippen LogP contribution in [0.25, 0.3) is 10.2 Å². The molecule has 0 saturated heterocycles. The number of fused-ring (bicyclic) bond motifs is 1. The summed E-state index contributed by atoms with van der Waals surface area (Å²) >= 11 is 1.58. The number of thiazole rings is 1. The summed E-state index contributed by atoms with van der Waals surface area (Å²) in [5.74, 6) is 0.0900. The Hall–Kier alpha value is -2.01. The van der Waals surface area contributed by atoms with E-state index in [4.69, 9.17) is 0 Å². The molecule has 102 valence electrons. The van der Waals surface area contributed by atoms with Crippen LogP contribution in [0.1, 0.15) is 26.8 Å². The van der Waals surface area contributed by atoms with Crippen molar-refractivity contribution in [2.45, 2.75) is 20.3 Å². The molecule has 0 aliphatic rings. The van der Waals surface area contributed by atoms with Crippen LogP contribution in [0.4, 0.5) is 0 Å². The third-order valence-corrected chi connectivity index (χ3v) is 4.47. The van der Waals surface area contributed by atoms with Crippen molar-refractivity contribution < 1.29 is 4.79 Å². The zero-order valence-corrected chi connectivity index (χ0v) is 12.5. The zero-order valence-electron chi connectivity index (χ0n) is 11.7. The van der Waals surface area contributed by atoms with E-state index in [2.05, 4.69) is 10.1 Å². The molecule has 1 aromatic carbocycles. The van der Waals surface area contributed by atoms with Crippen molar-refractivity contribution in [3.05, 3.63) is 46.2 Å². The lowest BCUT2D eigenvalue weighted by Gasteiger charge is -1.99. The normalized spacial score (nSPS) is 11.2. The first kappa shape index (κ1) is 13.0. The zero-order chi connectivity index (χ0) is 14.3. The fourth-order valence-corrected chi connectivity index (χ4v) is 3.36. The van der Waals surface area contributed by atoms with Crippen molar-refractivity contribution in [2.24, 2.45) is 7.05 Å². The van der Waals surface area contributed by atoms with Crippen molar-refractivity contribution in [1.82, 2.24) is 14.8 Å². The first-order chi connectivity index (χ1) is 9.56. The van der Waals surface area contributed by atoms with Gasteiger partial charge in [0.2, 0.25) is 0 Å². The minimum atomic E-state index is 0.0900. The van der Waals surface area contributed by atoms with E-state index in [0.717, 1.165) is 32.2 Å². The highest BCUT2D eigenvalue weighted by atomic mass is 32.1. The summed E-state index contributed by atoms with van der Waals surface area (Å²) in [7, 11) is 1.86. The molecule has 0 N–H and O–H groups in total. The molecule has 0 bridgehead atoms. The van der Waals surface area contributed by atoms with Gasteiger partial charge in [0.05, 0.1) is 27.9 Å². The molecule has 0 radical (unpaired) electrons. The Labute approximate surface area is 121 Å². The third-order valence-electron chi connectivity index (χ3n) is 3.44. The van der Waals surface area contributed by atoms with Gasteiger partial charge in [0.1, 0.15) is 5.01 Å². The minimum Gasteiger partial charge on any atom is -0.294 e. The highest BCUT2D eigenvalue weighted by molar-refractivity contribution is 7.18. The van der Waals surface area contributed by atoms with E-state index in [1.807, 2.05) is 45.2 Å². The van der Waals surface area contributed by atoms with Crippen molar-refractivity contribution >= 4 is 27.3 Å². The van der Waals surface area contributed by atoms with Gasteiger partial charge in [-0.05, 0) is 26.0 Å². The first-order valence-corrected chi connectivity index (χ1v) is 7.25. The largest absolute Gasteiger partial charge is 0.294 e. The van der Waals surface area contributed by atoms with Crippen LogP contribution in [0.2, 0.25) is 0 Å². The second-order valence-electron chi connectivity index (χ2n) is 4.84. The fraction of sp³-hybridized carbons (Fsp3) is 0.267. The number of hydrogen-bond donors (Lipinski definition) is 0. The molecule has 0 atom stereocenters. The van der Waals surface area contributed by atoms with E-state index in [9.17, 15) is 4.79 Å². The predicted molar refractivity (Wildman–Crippen MR) is 80.3 cm³/mol. The Bertz CT molecular complexity index is 768. The van der Waals surface area contributed by atoms with Gasteiger partial charge in [0, 0.05) is 12.7 Å². The van der Waals surface area contributed by atoms with E-state index in [-0.39, 0.29) is 5.78 Å². The second kappa shape index (κ2) is 4.83. The van der Waals surface area contributed by atoms with Gasteiger partial charge in [-0.1, -0.05) is 12.1 Å². The number of aryl methyl sites for hydroxylation is 2. The summed E-state index contributed by atoms with van der Waals surface area (Å²) in [4.78, 5) is 17.0. The van der Waals surface area contributed by atoms with Gasteiger partial charge in [-0.3, -0.25) is 9.48 Å². The van der Waals surface area contributed by atoms with Crippen molar-refractivity contribution in [3.8, 4) is 0 Å². The van der Waals surface area contributed by atoms with E-state index >= 15 is 0 Å². The number of rotatable bonds is 3. The molecule has 0 aliphatic heterocycles. The van der Waals surface area contributed by atoms with Crippen LogP contribution in [-0.4, -0.2) is 20.5 Å². The summed E-state index contributed by atoms with van der Waals surface area (Å²) in [6.07, 6.45) is 0.340. The molecule has 2 heterocycles. The first-order valence-electron chi connectivity index (χ1n) is 6.44. The number of nitrogens with zero attached hydrogens (tertiary/aromatic N) is 3. The van der Waals surface area contributed by atoms with Crippen LogP contribution < -0.4 is 0 Å². The molecule has 0 fully saturated rings. The lowest BCUT2D eigenvalue weighted by atomic mass is 10.1. The molecule has 3 rings (SSSR count). The van der Waals surface area contributed by atoms with E-state index < -0.39 is 0 Å². The molecular weight excluding hydrogens is 270 g/mol. The van der Waals surface area contributed by atoms with Gasteiger partial charge in [-0.25, -0.2) is 4.98 Å². The second-order valence-corrected chi connectivity index (χ2v) is 5.96. The van der Waals surface area contributed by atoms with Gasteiger partial charge in [-0.2, -0.15) is 5.10 Å². The molecule has 0 saturated carbocycles. The van der Waals surface area contributed by atoms with E-state index in [1.54, 1.807) is 16.0 Å². The molecule has 2 aromatic heterocycles. The Morgan fingerprint density at radius 2 is 2.05 bits per heavy atom. The quantitative estimate of drug-likeness (QED) is 0.695. The molecule has 3 aromatic rings. The Balaban J connectivity index is 1.92. The SMILES string of the molecule is Cc1nn(C)c(C)c1C(=O)Cc1nc2ccccc2s1. The number of ketones is 1. The maximum atomic E-state index is 12.5. The van der Waals surface area contributed by atoms with E-state index in [0.29, 0.717) is 6.42 Å². The van der Waals surface area contributed by atoms with Crippen molar-refractivity contribution in [1.29, 1.82) is 0 Å². The number of aromatic nitrogens is 3. The lowest BCUT2D eigenvalue weighted by molar-refractivity contribution is 0.0991. The Kier molecular flexibility index (Phi) is 3.14. The third kappa shape index (κ3) is 2.14. The van der Waals surface area contributed by atoms with Crippen LogP contribution >= 0.6 is 11.3 Å². The maximum absolute atomic E-state index is 12.5. The minimum absolute atomic E-state index is 0.0900. The van der Waals surface area contributed by atoms with Gasteiger partial charge >= 0.3 is 0 Å². The average Bonchev–Trinajstić information content (AvgIpc) is 2.90. The Morgan fingerprint density at radius 3 is 2.70 bits per heavy atom. The van der Waals surface area contributed by atoms with Crippen molar-refractivity contribution in [2.75, 3.05) is 0 Å². The number of carbonyl (C=O) groups excluding carboxylic acids is 1. The van der Waals surface area contributed by atoms with E-state index in [1.165, 1.54) is 0 Å². The number of carbonyl (C=O) groups is 1. The maximum Gasteiger partial charge on any atom is 0.173 e. The van der Waals surface area contributed by atoms with Crippen molar-refractivity contribution in [3.63, 3.8) is 0 Å². The summed E-state index contributed by atoms with van der Waals surface area (Å²) in [6.45, 7) is 3.80. The average molecular weight is 285 g/mol. The molecule has 4 nitrogen and oxygen atoms in total. The monoisotopic (exact) mass is 285 g/mol. The van der Waals surface area contributed by atoms with Crippen LogP contribution in [0.5, 0.6) is 0 Å². The molecule has 0 unspecified atom stereocenters. The Morgan fingerprint density at radius 1 is 1.30 bits per heavy atom. The number of benzene rings is 1. The molecule has 0 amide bonds. The van der Waals surface area contributed by atoms with Gasteiger partial charge in [-0.15, -0.1) is 11.3 Å². The highest BCUT2D eigenvalue weighted by Gasteiger charge is 2.19. The smallest absolute Gasteiger partial charge is 0.173 e. The van der Waals surface area contributed by atoms with Crippen LogP contribution in [0, 0.1) is 13.8 Å². The molecule has 20 heavy (non-hydrogen) atoms. The molecular formula is C15H15N3OS. The van der Waals surface area contributed by atoms with Crippen LogP contribution in [0.15, 0.2) is 24.3 Å². The lowest BCUT2D eigenvalue weighted by Crippen LogP contribution is -2.06. The van der Waals surface area contributed by atoms with Gasteiger partial charge in [0.25, 0.3) is 0 Å². The van der Waals surface area contributed by atoms with Crippen LogP contribution in [-0.2, 0) is 13.5 Å². The summed E-state index contributed by atoms with van der Waals surface area (Å²) in [6, 6.07) is 7.95. The summed E-state index contributed by atoms with van der Waals surface area (Å²) < 4.78 is 2.87. The molecule has 0 aliphatic carbocycles. The van der Waals surface area contributed by atoms with Gasteiger partial charge < -0.3 is 0 Å². The van der Waals surface area contributed by atoms with Gasteiger partial charge in [0.15, 0.2) is 5.78 Å². The summed E-state index contributed by atoms with van der Waals surface area (Å²) in [5, 5.41) is 5.15. The van der Waals surface area contributed by atoms with Crippen LogP contribution in [0.3, 0.4) is 0 Å².